The smallest absolute Gasteiger partial charge is 0.131 e. The molecule has 2 aromatic carbocycles. The Morgan fingerprint density at radius 3 is 2.42 bits per heavy atom. The Morgan fingerprint density at radius 1 is 1.05 bits per heavy atom. The zero-order valence-electron chi connectivity index (χ0n) is 10.6. The predicted octanol–water partition coefficient (Wildman–Crippen LogP) is 4.32. The minimum absolute atomic E-state index is 0.0105. The van der Waals surface area contributed by atoms with Crippen molar-refractivity contribution in [3.8, 4) is 11.1 Å². The highest BCUT2D eigenvalue weighted by atomic mass is 19.1. The number of hydrogen-bond acceptors (Lipinski definition) is 1. The molecule has 0 aliphatic carbocycles. The average Bonchev–Trinajstić information content (AvgIpc) is 2.40. The van der Waals surface area contributed by atoms with E-state index in [1.54, 1.807) is 30.3 Å². The van der Waals surface area contributed by atoms with Crippen LogP contribution in [0, 0.1) is 11.6 Å². The molecule has 98 valence electrons. The van der Waals surface area contributed by atoms with E-state index in [0.717, 1.165) is 11.8 Å². The number of hydrogen-bond donors (Lipinski definition) is 0. The lowest BCUT2D eigenvalue weighted by Crippen LogP contribution is -1.97. The molecule has 0 fully saturated rings. The molecule has 0 saturated heterocycles. The van der Waals surface area contributed by atoms with Crippen molar-refractivity contribution in [3.05, 3.63) is 59.7 Å². The van der Waals surface area contributed by atoms with Gasteiger partial charge in [0, 0.05) is 17.5 Å². The Bertz CT molecular complexity index is 593. The van der Waals surface area contributed by atoms with Crippen LogP contribution in [0.2, 0.25) is 0 Å². The molecule has 0 radical (unpaired) electrons. The first-order valence-electron chi connectivity index (χ1n) is 6.11. The SMILES string of the molecule is CC(CC=O)c1ccc(F)c(-c2ccccc2F)c1. The topological polar surface area (TPSA) is 17.1 Å². The highest BCUT2D eigenvalue weighted by Crippen LogP contribution is 2.29. The highest BCUT2D eigenvalue weighted by Gasteiger charge is 2.13. The number of carbonyl (C=O) groups excluding carboxylic acids is 1. The van der Waals surface area contributed by atoms with Crippen molar-refractivity contribution in [1.82, 2.24) is 0 Å². The van der Waals surface area contributed by atoms with Gasteiger partial charge in [0.2, 0.25) is 0 Å². The van der Waals surface area contributed by atoms with Gasteiger partial charge in [-0.2, -0.15) is 0 Å². The zero-order valence-corrected chi connectivity index (χ0v) is 10.6. The Hall–Kier alpha value is -2.03. The monoisotopic (exact) mass is 260 g/mol. The minimum atomic E-state index is -0.466. The van der Waals surface area contributed by atoms with Gasteiger partial charge in [0.1, 0.15) is 17.9 Å². The third kappa shape index (κ3) is 2.87. The van der Waals surface area contributed by atoms with E-state index in [2.05, 4.69) is 0 Å². The maximum atomic E-state index is 13.8. The quantitative estimate of drug-likeness (QED) is 0.748. The fraction of sp³-hybridized carbons (Fsp3) is 0.188. The van der Waals surface area contributed by atoms with Crippen molar-refractivity contribution < 1.29 is 13.6 Å². The molecule has 0 aliphatic heterocycles. The molecule has 0 aliphatic rings. The van der Waals surface area contributed by atoms with Crippen molar-refractivity contribution in [2.45, 2.75) is 19.3 Å². The standard InChI is InChI=1S/C16H14F2O/c1-11(8-9-19)12-6-7-16(18)14(10-12)13-4-2-3-5-15(13)17/h2-7,9-11H,8H2,1H3. The molecule has 0 aromatic heterocycles. The molecular weight excluding hydrogens is 246 g/mol. The molecule has 19 heavy (non-hydrogen) atoms. The van der Waals surface area contributed by atoms with E-state index in [1.165, 1.54) is 12.1 Å². The van der Waals surface area contributed by atoms with Gasteiger partial charge in [-0.15, -0.1) is 0 Å². The van der Waals surface area contributed by atoms with E-state index in [-0.39, 0.29) is 17.0 Å². The van der Waals surface area contributed by atoms with E-state index in [4.69, 9.17) is 0 Å². The van der Waals surface area contributed by atoms with Crippen molar-refractivity contribution in [3.63, 3.8) is 0 Å². The maximum absolute atomic E-state index is 13.8. The molecule has 0 bridgehead atoms. The summed E-state index contributed by atoms with van der Waals surface area (Å²) in [6, 6.07) is 10.6. The van der Waals surface area contributed by atoms with Crippen LogP contribution in [0.3, 0.4) is 0 Å². The van der Waals surface area contributed by atoms with E-state index < -0.39 is 11.6 Å². The minimum Gasteiger partial charge on any atom is -0.303 e. The third-order valence-electron chi connectivity index (χ3n) is 3.17. The molecule has 2 rings (SSSR count). The Morgan fingerprint density at radius 2 is 1.74 bits per heavy atom. The molecule has 1 nitrogen and oxygen atoms in total. The lowest BCUT2D eigenvalue weighted by Gasteiger charge is -2.12. The summed E-state index contributed by atoms with van der Waals surface area (Å²) < 4.78 is 27.6. The first-order chi connectivity index (χ1) is 9.13. The fourth-order valence-electron chi connectivity index (χ4n) is 2.02. The Kier molecular flexibility index (Phi) is 4.05. The van der Waals surface area contributed by atoms with E-state index in [9.17, 15) is 13.6 Å². The van der Waals surface area contributed by atoms with E-state index in [1.807, 2.05) is 6.92 Å². The summed E-state index contributed by atoms with van der Waals surface area (Å²) >= 11 is 0. The van der Waals surface area contributed by atoms with Crippen molar-refractivity contribution in [1.29, 1.82) is 0 Å². The third-order valence-corrected chi connectivity index (χ3v) is 3.17. The van der Waals surface area contributed by atoms with E-state index in [0.29, 0.717) is 6.42 Å². The summed E-state index contributed by atoms with van der Waals surface area (Å²) in [5, 5.41) is 0. The first kappa shape index (κ1) is 13.4. The molecule has 0 amide bonds. The highest BCUT2D eigenvalue weighted by molar-refractivity contribution is 5.66. The molecule has 1 unspecified atom stereocenters. The van der Waals surface area contributed by atoms with Crippen molar-refractivity contribution >= 4 is 6.29 Å². The normalized spacial score (nSPS) is 12.2. The number of rotatable bonds is 4. The van der Waals surface area contributed by atoms with Crippen LogP contribution in [0.5, 0.6) is 0 Å². The lowest BCUT2D eigenvalue weighted by atomic mass is 9.94. The second kappa shape index (κ2) is 5.74. The number of carbonyl (C=O) groups is 1. The van der Waals surface area contributed by atoms with Crippen molar-refractivity contribution in [2.75, 3.05) is 0 Å². The molecule has 2 aromatic rings. The molecule has 0 N–H and O–H groups in total. The summed E-state index contributed by atoms with van der Waals surface area (Å²) in [5.74, 6) is -0.933. The van der Waals surface area contributed by atoms with Gasteiger partial charge in [-0.05, 0) is 29.7 Å². The number of benzene rings is 2. The Balaban J connectivity index is 2.49. The van der Waals surface area contributed by atoms with Crippen LogP contribution >= 0.6 is 0 Å². The van der Waals surface area contributed by atoms with Gasteiger partial charge in [0.15, 0.2) is 0 Å². The van der Waals surface area contributed by atoms with Gasteiger partial charge < -0.3 is 4.79 Å². The maximum Gasteiger partial charge on any atom is 0.131 e. The fourth-order valence-corrected chi connectivity index (χ4v) is 2.02. The molecule has 0 heterocycles. The largest absolute Gasteiger partial charge is 0.303 e. The molecule has 0 saturated carbocycles. The molecular formula is C16H14F2O. The van der Waals surface area contributed by atoms with Crippen LogP contribution in [0.4, 0.5) is 8.78 Å². The zero-order chi connectivity index (χ0) is 13.8. The first-order valence-corrected chi connectivity index (χ1v) is 6.11. The molecule has 3 heteroatoms. The van der Waals surface area contributed by atoms with Crippen LogP contribution in [0.15, 0.2) is 42.5 Å². The van der Waals surface area contributed by atoms with Gasteiger partial charge >= 0.3 is 0 Å². The van der Waals surface area contributed by atoms with E-state index >= 15 is 0 Å². The second-order valence-electron chi connectivity index (χ2n) is 4.52. The van der Waals surface area contributed by atoms with Gasteiger partial charge in [0.25, 0.3) is 0 Å². The average molecular weight is 260 g/mol. The second-order valence-corrected chi connectivity index (χ2v) is 4.52. The lowest BCUT2D eigenvalue weighted by molar-refractivity contribution is -0.108. The van der Waals surface area contributed by atoms with Gasteiger partial charge in [-0.1, -0.05) is 31.2 Å². The van der Waals surface area contributed by atoms with Crippen LogP contribution in [0.25, 0.3) is 11.1 Å². The Labute approximate surface area is 110 Å². The number of aldehydes is 1. The van der Waals surface area contributed by atoms with Gasteiger partial charge in [-0.3, -0.25) is 0 Å². The summed E-state index contributed by atoms with van der Waals surface area (Å²) in [6.07, 6.45) is 1.19. The summed E-state index contributed by atoms with van der Waals surface area (Å²) in [4.78, 5) is 10.5. The summed E-state index contributed by atoms with van der Waals surface area (Å²) in [7, 11) is 0. The molecule has 1 atom stereocenters. The van der Waals surface area contributed by atoms with Crippen LogP contribution in [-0.4, -0.2) is 6.29 Å². The number of halogens is 2. The van der Waals surface area contributed by atoms with Crippen LogP contribution in [-0.2, 0) is 4.79 Å². The van der Waals surface area contributed by atoms with Crippen LogP contribution in [0.1, 0.15) is 24.8 Å². The summed E-state index contributed by atoms with van der Waals surface area (Å²) in [5.41, 5.74) is 1.29. The van der Waals surface area contributed by atoms with Gasteiger partial charge in [0.05, 0.1) is 0 Å². The van der Waals surface area contributed by atoms with Crippen LogP contribution < -0.4 is 0 Å². The van der Waals surface area contributed by atoms with Crippen molar-refractivity contribution in [2.24, 2.45) is 0 Å². The predicted molar refractivity (Wildman–Crippen MR) is 70.9 cm³/mol. The van der Waals surface area contributed by atoms with Gasteiger partial charge in [-0.25, -0.2) is 8.78 Å². The summed E-state index contributed by atoms with van der Waals surface area (Å²) in [6.45, 7) is 1.88. The molecule has 0 spiro atoms.